The molecule has 0 radical (unpaired) electrons. The molecule has 2 aromatic rings. The summed E-state index contributed by atoms with van der Waals surface area (Å²) in [7, 11) is 0. The van der Waals surface area contributed by atoms with Gasteiger partial charge in [0.15, 0.2) is 0 Å². The summed E-state index contributed by atoms with van der Waals surface area (Å²) in [5.74, 6) is 0.696. The maximum absolute atomic E-state index is 3.68. The van der Waals surface area contributed by atoms with E-state index in [1.165, 1.54) is 16.5 Å². The molecule has 1 aliphatic rings. The summed E-state index contributed by atoms with van der Waals surface area (Å²) in [6.07, 6.45) is 3.24. The molecular weight excluding hydrogens is 234 g/mol. The van der Waals surface area contributed by atoms with Gasteiger partial charge in [0.1, 0.15) is 0 Å². The van der Waals surface area contributed by atoms with E-state index < -0.39 is 0 Å². The van der Waals surface area contributed by atoms with Gasteiger partial charge in [0.2, 0.25) is 0 Å². The number of hydrogen-bond acceptors (Lipinski definition) is 2. The molecule has 1 aromatic carbocycles. The second-order valence-corrected chi connectivity index (χ2v) is 5.93. The van der Waals surface area contributed by atoms with Crippen LogP contribution in [0.3, 0.4) is 0 Å². The number of nitrogens with one attached hydrogen (secondary N) is 3. The first-order valence-corrected chi connectivity index (χ1v) is 7.26. The van der Waals surface area contributed by atoms with Gasteiger partial charge in [0, 0.05) is 42.3 Å². The minimum Gasteiger partial charge on any atom is -0.361 e. The largest absolute Gasteiger partial charge is 0.361 e. The molecule has 3 rings (SSSR count). The van der Waals surface area contributed by atoms with Crippen molar-refractivity contribution < 1.29 is 0 Å². The quantitative estimate of drug-likeness (QED) is 0.789. The van der Waals surface area contributed by atoms with Crippen LogP contribution in [0, 0.1) is 5.92 Å². The molecule has 1 saturated heterocycles. The maximum atomic E-state index is 3.68. The Morgan fingerprint density at radius 2 is 2.00 bits per heavy atom. The number of piperazine rings is 1. The highest BCUT2D eigenvalue weighted by Gasteiger charge is 2.22. The van der Waals surface area contributed by atoms with Gasteiger partial charge in [-0.25, -0.2) is 0 Å². The van der Waals surface area contributed by atoms with E-state index in [9.17, 15) is 0 Å². The van der Waals surface area contributed by atoms with Crippen LogP contribution < -0.4 is 10.6 Å². The van der Waals surface area contributed by atoms with E-state index in [1.54, 1.807) is 0 Å². The monoisotopic (exact) mass is 257 g/mol. The summed E-state index contributed by atoms with van der Waals surface area (Å²) in [4.78, 5) is 3.36. The standard InChI is InChI=1S/C16H23N3/c1-11(2)16-10-17-13(9-19-16)7-12-8-18-15-6-4-3-5-14(12)15/h3-6,8,11,13,16-19H,7,9-10H2,1-2H3/t13-,16+/m0/s1. The molecule has 0 spiro atoms. The third kappa shape index (κ3) is 2.67. The van der Waals surface area contributed by atoms with Crippen LogP contribution in [0.2, 0.25) is 0 Å². The molecule has 0 aliphatic carbocycles. The van der Waals surface area contributed by atoms with Crippen LogP contribution in [0.25, 0.3) is 10.9 Å². The second-order valence-electron chi connectivity index (χ2n) is 5.93. The van der Waals surface area contributed by atoms with Gasteiger partial charge in [-0.2, -0.15) is 0 Å². The third-order valence-electron chi connectivity index (χ3n) is 4.20. The average Bonchev–Trinajstić information content (AvgIpc) is 2.83. The van der Waals surface area contributed by atoms with Crippen molar-refractivity contribution in [2.75, 3.05) is 13.1 Å². The van der Waals surface area contributed by atoms with Gasteiger partial charge < -0.3 is 15.6 Å². The molecule has 0 amide bonds. The first-order valence-electron chi connectivity index (χ1n) is 7.26. The van der Waals surface area contributed by atoms with E-state index in [0.29, 0.717) is 18.0 Å². The highest BCUT2D eigenvalue weighted by molar-refractivity contribution is 5.83. The van der Waals surface area contributed by atoms with Gasteiger partial charge in [-0.05, 0) is 24.0 Å². The number of benzene rings is 1. The van der Waals surface area contributed by atoms with Gasteiger partial charge in [0.05, 0.1) is 0 Å². The molecule has 1 aliphatic heterocycles. The molecular formula is C16H23N3. The number of aromatic amines is 1. The smallest absolute Gasteiger partial charge is 0.0456 e. The molecule has 19 heavy (non-hydrogen) atoms. The fourth-order valence-corrected chi connectivity index (χ4v) is 2.91. The van der Waals surface area contributed by atoms with Gasteiger partial charge in [0.25, 0.3) is 0 Å². The van der Waals surface area contributed by atoms with E-state index in [2.05, 4.69) is 59.9 Å². The second kappa shape index (κ2) is 5.35. The van der Waals surface area contributed by atoms with Crippen LogP contribution >= 0.6 is 0 Å². The summed E-state index contributed by atoms with van der Waals surface area (Å²) in [5.41, 5.74) is 2.65. The summed E-state index contributed by atoms with van der Waals surface area (Å²) in [5, 5.41) is 8.69. The van der Waals surface area contributed by atoms with E-state index in [4.69, 9.17) is 0 Å². The van der Waals surface area contributed by atoms with Crippen LogP contribution in [-0.2, 0) is 6.42 Å². The summed E-state index contributed by atoms with van der Waals surface area (Å²) < 4.78 is 0. The van der Waals surface area contributed by atoms with Crippen molar-refractivity contribution in [3.63, 3.8) is 0 Å². The molecule has 1 aromatic heterocycles. The molecule has 3 nitrogen and oxygen atoms in total. The van der Waals surface area contributed by atoms with Crippen LogP contribution in [0.1, 0.15) is 19.4 Å². The molecule has 1 fully saturated rings. The normalized spacial score (nSPS) is 24.2. The van der Waals surface area contributed by atoms with Crippen molar-refractivity contribution in [3.8, 4) is 0 Å². The first kappa shape index (κ1) is 12.7. The van der Waals surface area contributed by atoms with Crippen molar-refractivity contribution in [2.24, 2.45) is 5.92 Å². The lowest BCUT2D eigenvalue weighted by atomic mass is 9.98. The minimum atomic E-state index is 0.536. The predicted octanol–water partition coefficient (Wildman–Crippen LogP) is 2.30. The average molecular weight is 257 g/mol. The molecule has 3 heteroatoms. The number of H-pyrrole nitrogens is 1. The molecule has 3 N–H and O–H groups in total. The minimum absolute atomic E-state index is 0.536. The number of para-hydroxylation sites is 1. The highest BCUT2D eigenvalue weighted by atomic mass is 15.1. The lowest BCUT2D eigenvalue weighted by Gasteiger charge is -2.33. The van der Waals surface area contributed by atoms with Crippen LogP contribution in [0.15, 0.2) is 30.5 Å². The zero-order chi connectivity index (χ0) is 13.2. The summed E-state index contributed by atoms with van der Waals surface area (Å²) in [6, 6.07) is 9.68. The first-order chi connectivity index (χ1) is 9.24. The van der Waals surface area contributed by atoms with E-state index in [0.717, 1.165) is 19.5 Å². The molecule has 2 heterocycles. The summed E-state index contributed by atoms with van der Waals surface area (Å²) in [6.45, 7) is 6.69. The highest BCUT2D eigenvalue weighted by Crippen LogP contribution is 2.19. The van der Waals surface area contributed by atoms with Crippen LogP contribution in [0.4, 0.5) is 0 Å². The molecule has 102 valence electrons. The maximum Gasteiger partial charge on any atom is 0.0456 e. The fraction of sp³-hybridized carbons (Fsp3) is 0.500. The Balaban J connectivity index is 1.66. The van der Waals surface area contributed by atoms with Gasteiger partial charge >= 0.3 is 0 Å². The molecule has 0 saturated carbocycles. The Morgan fingerprint density at radius 1 is 1.16 bits per heavy atom. The zero-order valence-electron chi connectivity index (χ0n) is 11.7. The third-order valence-corrected chi connectivity index (χ3v) is 4.20. The van der Waals surface area contributed by atoms with Crippen LogP contribution in [-0.4, -0.2) is 30.2 Å². The Morgan fingerprint density at radius 3 is 2.74 bits per heavy atom. The van der Waals surface area contributed by atoms with E-state index >= 15 is 0 Å². The number of hydrogen-bond donors (Lipinski definition) is 3. The van der Waals surface area contributed by atoms with E-state index in [1.807, 2.05) is 0 Å². The Labute approximate surface area is 114 Å². The lowest BCUT2D eigenvalue weighted by molar-refractivity contribution is 0.293. The van der Waals surface area contributed by atoms with Crippen molar-refractivity contribution in [1.82, 2.24) is 15.6 Å². The Bertz CT molecular complexity index is 536. The summed E-state index contributed by atoms with van der Waals surface area (Å²) >= 11 is 0. The van der Waals surface area contributed by atoms with Crippen molar-refractivity contribution in [2.45, 2.75) is 32.4 Å². The lowest BCUT2D eigenvalue weighted by Crippen LogP contribution is -2.56. The predicted molar refractivity (Wildman–Crippen MR) is 80.4 cm³/mol. The van der Waals surface area contributed by atoms with E-state index in [-0.39, 0.29) is 0 Å². The molecule has 0 bridgehead atoms. The SMILES string of the molecule is CC(C)[C@H]1CN[C@@H](Cc2c[nH]c3ccccc23)CN1. The Kier molecular flexibility index (Phi) is 3.58. The zero-order valence-corrected chi connectivity index (χ0v) is 11.7. The van der Waals surface area contributed by atoms with Gasteiger partial charge in [-0.15, -0.1) is 0 Å². The van der Waals surface area contributed by atoms with Crippen molar-refractivity contribution in [3.05, 3.63) is 36.0 Å². The number of rotatable bonds is 3. The van der Waals surface area contributed by atoms with Crippen LogP contribution in [0.5, 0.6) is 0 Å². The van der Waals surface area contributed by atoms with Crippen molar-refractivity contribution in [1.29, 1.82) is 0 Å². The number of aromatic nitrogens is 1. The molecule has 2 atom stereocenters. The molecule has 0 unspecified atom stereocenters. The Hall–Kier alpha value is -1.32. The number of fused-ring (bicyclic) bond motifs is 1. The fourth-order valence-electron chi connectivity index (χ4n) is 2.91. The van der Waals surface area contributed by atoms with Gasteiger partial charge in [-0.1, -0.05) is 32.0 Å². The topological polar surface area (TPSA) is 39.9 Å². The van der Waals surface area contributed by atoms with Gasteiger partial charge in [-0.3, -0.25) is 0 Å². The van der Waals surface area contributed by atoms with Crippen molar-refractivity contribution >= 4 is 10.9 Å².